The van der Waals surface area contributed by atoms with Gasteiger partial charge >= 0.3 is 0 Å². The van der Waals surface area contributed by atoms with Gasteiger partial charge in [0.1, 0.15) is 0 Å². The minimum atomic E-state index is 0.185. The molecule has 0 unspecified atom stereocenters. The lowest BCUT2D eigenvalue weighted by atomic mass is 9.84. The maximum Gasteiger partial charge on any atom is 0.0989 e. The molecule has 0 saturated carbocycles. The van der Waals surface area contributed by atoms with Crippen molar-refractivity contribution in [2.24, 2.45) is 0 Å². The molecule has 0 N–H and O–H groups in total. The van der Waals surface area contributed by atoms with Crippen LogP contribution >= 0.6 is 0 Å². The van der Waals surface area contributed by atoms with Gasteiger partial charge in [-0.2, -0.15) is 0 Å². The molecule has 1 aliphatic heterocycles. The lowest BCUT2D eigenvalue weighted by Crippen LogP contribution is -2.26. The number of para-hydroxylation sites is 1. The highest BCUT2D eigenvalue weighted by molar-refractivity contribution is 5.66. The van der Waals surface area contributed by atoms with E-state index in [-0.39, 0.29) is 5.41 Å². The molecule has 1 heterocycles. The van der Waals surface area contributed by atoms with Gasteiger partial charge in [0, 0.05) is 23.8 Å². The summed E-state index contributed by atoms with van der Waals surface area (Å²) in [6, 6.07) is 15.2. The Hall–Kier alpha value is -2.22. The SMILES string of the molecule is Cc1cc(C(C)(C)C)cc(C)c1N1C=CN(c2ccccc2)C1. The normalized spacial score (nSPS) is 14.7. The fraction of sp³-hybridized carbons (Fsp3) is 0.333. The first-order valence-electron chi connectivity index (χ1n) is 8.24. The van der Waals surface area contributed by atoms with E-state index in [4.69, 9.17) is 0 Å². The fourth-order valence-corrected chi connectivity index (χ4v) is 3.19. The Labute approximate surface area is 140 Å². The highest BCUT2D eigenvalue weighted by atomic mass is 15.3. The first kappa shape index (κ1) is 15.7. The summed E-state index contributed by atoms with van der Waals surface area (Å²) >= 11 is 0. The molecule has 23 heavy (non-hydrogen) atoms. The highest BCUT2D eigenvalue weighted by Gasteiger charge is 2.21. The number of nitrogens with zero attached hydrogens (tertiary/aromatic N) is 2. The average Bonchev–Trinajstić information content (AvgIpc) is 2.96. The zero-order valence-corrected chi connectivity index (χ0v) is 14.8. The Kier molecular flexibility index (Phi) is 3.93. The van der Waals surface area contributed by atoms with Gasteiger partial charge in [0.25, 0.3) is 0 Å². The van der Waals surface area contributed by atoms with Gasteiger partial charge in [-0.1, -0.05) is 51.1 Å². The Morgan fingerprint density at radius 2 is 1.39 bits per heavy atom. The van der Waals surface area contributed by atoms with E-state index in [1.807, 2.05) is 0 Å². The van der Waals surface area contributed by atoms with E-state index >= 15 is 0 Å². The van der Waals surface area contributed by atoms with Gasteiger partial charge in [0.15, 0.2) is 0 Å². The number of hydrogen-bond acceptors (Lipinski definition) is 2. The molecule has 120 valence electrons. The molecule has 0 atom stereocenters. The number of rotatable bonds is 2. The lowest BCUT2D eigenvalue weighted by Gasteiger charge is -2.27. The molecule has 0 aliphatic carbocycles. The molecule has 0 spiro atoms. The molecule has 0 bridgehead atoms. The summed E-state index contributed by atoms with van der Waals surface area (Å²) < 4.78 is 0. The van der Waals surface area contributed by atoms with E-state index in [0.717, 1.165) is 6.67 Å². The molecule has 0 radical (unpaired) electrons. The summed E-state index contributed by atoms with van der Waals surface area (Å²) in [5.74, 6) is 0. The molecule has 0 fully saturated rings. The summed E-state index contributed by atoms with van der Waals surface area (Å²) in [5.41, 5.74) is 6.83. The number of anilines is 2. The first-order chi connectivity index (χ1) is 10.9. The van der Waals surface area contributed by atoms with Gasteiger partial charge in [-0.25, -0.2) is 0 Å². The van der Waals surface area contributed by atoms with Crippen LogP contribution in [-0.4, -0.2) is 6.67 Å². The van der Waals surface area contributed by atoms with Gasteiger partial charge < -0.3 is 9.80 Å². The Bertz CT molecular complexity index is 700. The van der Waals surface area contributed by atoms with Crippen LogP contribution in [-0.2, 0) is 5.41 Å². The highest BCUT2D eigenvalue weighted by Crippen LogP contribution is 2.33. The van der Waals surface area contributed by atoms with Crippen molar-refractivity contribution in [3.63, 3.8) is 0 Å². The number of benzene rings is 2. The van der Waals surface area contributed by atoms with Gasteiger partial charge in [0.05, 0.1) is 6.67 Å². The van der Waals surface area contributed by atoms with E-state index in [1.165, 1.54) is 28.1 Å². The molecule has 3 rings (SSSR count). The molecule has 0 aromatic heterocycles. The van der Waals surface area contributed by atoms with Crippen molar-refractivity contribution < 1.29 is 0 Å². The van der Waals surface area contributed by atoms with Crippen molar-refractivity contribution in [3.8, 4) is 0 Å². The Morgan fingerprint density at radius 3 is 1.96 bits per heavy atom. The molecule has 2 nitrogen and oxygen atoms in total. The Balaban J connectivity index is 1.88. The standard InChI is InChI=1S/C21H26N2/c1-16-13-18(21(3,4)5)14-17(2)20(16)23-12-11-22(15-23)19-9-7-6-8-10-19/h6-14H,15H2,1-5H3. The van der Waals surface area contributed by atoms with Crippen LogP contribution in [0.3, 0.4) is 0 Å². The molecule has 2 aromatic carbocycles. The van der Waals surface area contributed by atoms with Gasteiger partial charge in [-0.15, -0.1) is 0 Å². The quantitative estimate of drug-likeness (QED) is 0.737. The van der Waals surface area contributed by atoms with E-state index in [1.54, 1.807) is 0 Å². The van der Waals surface area contributed by atoms with Crippen molar-refractivity contribution in [1.82, 2.24) is 0 Å². The monoisotopic (exact) mass is 306 g/mol. The van der Waals surface area contributed by atoms with Crippen molar-refractivity contribution in [3.05, 3.63) is 71.6 Å². The summed E-state index contributed by atoms with van der Waals surface area (Å²) in [6.45, 7) is 12.1. The Morgan fingerprint density at radius 1 is 0.826 bits per heavy atom. The van der Waals surface area contributed by atoms with Gasteiger partial charge in [-0.3, -0.25) is 0 Å². The first-order valence-corrected chi connectivity index (χ1v) is 8.24. The maximum absolute atomic E-state index is 2.34. The predicted molar refractivity (Wildman–Crippen MR) is 100 cm³/mol. The van der Waals surface area contributed by atoms with E-state index in [0.29, 0.717) is 0 Å². The van der Waals surface area contributed by atoms with Crippen LogP contribution in [0.25, 0.3) is 0 Å². The molecule has 1 aliphatic rings. The van der Waals surface area contributed by atoms with E-state index in [2.05, 4.69) is 99.3 Å². The predicted octanol–water partition coefficient (Wildman–Crippen LogP) is 5.36. The van der Waals surface area contributed by atoms with Gasteiger partial charge in [0.2, 0.25) is 0 Å². The topological polar surface area (TPSA) is 6.48 Å². The van der Waals surface area contributed by atoms with Crippen molar-refractivity contribution >= 4 is 11.4 Å². The summed E-state index contributed by atoms with van der Waals surface area (Å²) in [6.07, 6.45) is 4.34. The van der Waals surface area contributed by atoms with Crippen LogP contribution in [0.15, 0.2) is 54.9 Å². The third-order valence-electron chi connectivity index (χ3n) is 4.46. The largest absolute Gasteiger partial charge is 0.328 e. The number of hydrogen-bond donors (Lipinski definition) is 0. The van der Waals surface area contributed by atoms with Crippen molar-refractivity contribution in [2.75, 3.05) is 16.5 Å². The van der Waals surface area contributed by atoms with Crippen LogP contribution in [0, 0.1) is 13.8 Å². The zero-order chi connectivity index (χ0) is 16.6. The summed E-state index contributed by atoms with van der Waals surface area (Å²) in [4.78, 5) is 4.61. The minimum Gasteiger partial charge on any atom is -0.328 e. The average molecular weight is 306 g/mol. The van der Waals surface area contributed by atoms with Crippen molar-refractivity contribution in [1.29, 1.82) is 0 Å². The maximum atomic E-state index is 2.34. The second kappa shape index (κ2) is 5.77. The second-order valence-corrected chi connectivity index (χ2v) is 7.42. The molecular formula is C21H26N2. The van der Waals surface area contributed by atoms with Crippen LogP contribution in [0.1, 0.15) is 37.5 Å². The third-order valence-corrected chi connectivity index (χ3v) is 4.46. The smallest absolute Gasteiger partial charge is 0.0989 e. The molecule has 2 aromatic rings. The fourth-order valence-electron chi connectivity index (χ4n) is 3.19. The van der Waals surface area contributed by atoms with Crippen molar-refractivity contribution in [2.45, 2.75) is 40.0 Å². The van der Waals surface area contributed by atoms with Crippen LogP contribution in [0.2, 0.25) is 0 Å². The molecular weight excluding hydrogens is 280 g/mol. The zero-order valence-electron chi connectivity index (χ0n) is 14.8. The molecule has 0 amide bonds. The van der Waals surface area contributed by atoms with Crippen LogP contribution in [0.4, 0.5) is 11.4 Å². The molecule has 2 heteroatoms. The molecule has 0 saturated heterocycles. The lowest BCUT2D eigenvalue weighted by molar-refractivity contribution is 0.589. The minimum absolute atomic E-state index is 0.185. The summed E-state index contributed by atoms with van der Waals surface area (Å²) in [5, 5.41) is 0. The van der Waals surface area contributed by atoms with E-state index < -0.39 is 0 Å². The van der Waals surface area contributed by atoms with E-state index in [9.17, 15) is 0 Å². The summed E-state index contributed by atoms with van der Waals surface area (Å²) in [7, 11) is 0. The third kappa shape index (κ3) is 3.12. The van der Waals surface area contributed by atoms with Gasteiger partial charge in [-0.05, 0) is 48.1 Å². The van der Waals surface area contributed by atoms with Crippen LogP contribution in [0.5, 0.6) is 0 Å². The second-order valence-electron chi connectivity index (χ2n) is 7.42. The number of aryl methyl sites for hydroxylation is 2. The van der Waals surface area contributed by atoms with Crippen LogP contribution < -0.4 is 9.80 Å².